The van der Waals surface area contributed by atoms with Crippen molar-refractivity contribution in [3.05, 3.63) is 42.2 Å². The lowest BCUT2D eigenvalue weighted by Gasteiger charge is -2.09. The van der Waals surface area contributed by atoms with E-state index >= 15 is 0 Å². The fourth-order valence-corrected chi connectivity index (χ4v) is 1.44. The molecule has 20 heavy (non-hydrogen) atoms. The molecule has 0 bridgehead atoms. The summed E-state index contributed by atoms with van der Waals surface area (Å²) in [4.78, 5) is 30.3. The number of nitrogens with zero attached hydrogens (tertiary/aromatic N) is 2. The molecule has 0 radical (unpaired) electrons. The highest BCUT2D eigenvalue weighted by atomic mass is 16.4. The molecule has 8 heteroatoms. The maximum atomic E-state index is 11.7. The topological polar surface area (TPSA) is 124 Å². The standard InChI is InChI=1S/C12H10N4O4/c17-7-2-3-9(8(6-7)10(18)19)15-12(20)16-11-13-4-1-5-14-11/h1-6,17H,(H,18,19)(H2,13,14,15,16,20). The van der Waals surface area contributed by atoms with Gasteiger partial charge in [-0.3, -0.25) is 5.32 Å². The van der Waals surface area contributed by atoms with Crippen LogP contribution < -0.4 is 10.6 Å². The molecule has 0 saturated carbocycles. The van der Waals surface area contributed by atoms with E-state index in [1.54, 1.807) is 6.07 Å². The molecule has 1 aromatic heterocycles. The van der Waals surface area contributed by atoms with Crippen LogP contribution in [0.1, 0.15) is 10.4 Å². The minimum Gasteiger partial charge on any atom is -0.508 e. The lowest BCUT2D eigenvalue weighted by Crippen LogP contribution is -2.22. The number of aromatic hydroxyl groups is 1. The first-order valence-corrected chi connectivity index (χ1v) is 5.47. The third-order valence-electron chi connectivity index (χ3n) is 2.27. The van der Waals surface area contributed by atoms with E-state index in [2.05, 4.69) is 20.6 Å². The van der Waals surface area contributed by atoms with Crippen molar-refractivity contribution in [3.63, 3.8) is 0 Å². The molecular weight excluding hydrogens is 264 g/mol. The van der Waals surface area contributed by atoms with Gasteiger partial charge in [0.25, 0.3) is 0 Å². The SMILES string of the molecule is O=C(Nc1ncccn1)Nc1ccc(O)cc1C(=O)O. The first kappa shape index (κ1) is 13.3. The highest BCUT2D eigenvalue weighted by molar-refractivity contribution is 6.04. The summed E-state index contributed by atoms with van der Waals surface area (Å²) in [6.07, 6.45) is 2.90. The number of rotatable bonds is 3. The second-order valence-corrected chi connectivity index (χ2v) is 3.69. The van der Waals surface area contributed by atoms with Crippen molar-refractivity contribution in [2.45, 2.75) is 0 Å². The second-order valence-electron chi connectivity index (χ2n) is 3.69. The van der Waals surface area contributed by atoms with Gasteiger partial charge in [-0.15, -0.1) is 0 Å². The maximum Gasteiger partial charge on any atom is 0.337 e. The Morgan fingerprint density at radius 2 is 1.80 bits per heavy atom. The molecule has 0 aliphatic rings. The van der Waals surface area contributed by atoms with E-state index in [4.69, 9.17) is 5.11 Å². The third-order valence-corrected chi connectivity index (χ3v) is 2.27. The largest absolute Gasteiger partial charge is 0.508 e. The first-order chi connectivity index (χ1) is 9.56. The number of nitrogens with one attached hydrogen (secondary N) is 2. The van der Waals surface area contributed by atoms with Crippen LogP contribution in [-0.2, 0) is 0 Å². The number of carboxylic acids is 1. The lowest BCUT2D eigenvalue weighted by molar-refractivity contribution is 0.0697. The van der Waals surface area contributed by atoms with E-state index in [0.717, 1.165) is 6.07 Å². The van der Waals surface area contributed by atoms with Gasteiger partial charge in [0.05, 0.1) is 11.3 Å². The van der Waals surface area contributed by atoms with Crippen LogP contribution in [0.5, 0.6) is 5.75 Å². The van der Waals surface area contributed by atoms with Crippen molar-refractivity contribution in [1.29, 1.82) is 0 Å². The minimum atomic E-state index is -1.27. The Kier molecular flexibility index (Phi) is 3.75. The van der Waals surface area contributed by atoms with Crippen molar-refractivity contribution >= 4 is 23.6 Å². The Bertz CT molecular complexity index is 645. The van der Waals surface area contributed by atoms with Crippen LogP contribution in [0, 0.1) is 0 Å². The number of carbonyl (C=O) groups is 2. The Hall–Kier alpha value is -3.16. The predicted octanol–water partition coefficient (Wildman–Crippen LogP) is 1.52. The third kappa shape index (κ3) is 3.19. The fraction of sp³-hybridized carbons (Fsp3) is 0. The molecule has 2 amide bonds. The maximum absolute atomic E-state index is 11.7. The van der Waals surface area contributed by atoms with Crippen molar-refractivity contribution in [2.75, 3.05) is 10.6 Å². The molecule has 0 spiro atoms. The molecule has 102 valence electrons. The number of hydrogen-bond acceptors (Lipinski definition) is 5. The van der Waals surface area contributed by atoms with E-state index in [0.29, 0.717) is 0 Å². The van der Waals surface area contributed by atoms with Gasteiger partial charge in [0.15, 0.2) is 0 Å². The van der Waals surface area contributed by atoms with Gasteiger partial charge >= 0.3 is 12.0 Å². The number of aromatic carboxylic acids is 1. The minimum absolute atomic E-state index is 0.0451. The summed E-state index contributed by atoms with van der Waals surface area (Å²) in [5.41, 5.74) is -0.183. The molecule has 8 nitrogen and oxygen atoms in total. The predicted molar refractivity (Wildman–Crippen MR) is 69.7 cm³/mol. The van der Waals surface area contributed by atoms with Gasteiger partial charge < -0.3 is 15.5 Å². The summed E-state index contributed by atoms with van der Waals surface area (Å²) in [6.45, 7) is 0. The summed E-state index contributed by atoms with van der Waals surface area (Å²) in [7, 11) is 0. The summed E-state index contributed by atoms with van der Waals surface area (Å²) in [5.74, 6) is -1.40. The van der Waals surface area contributed by atoms with Gasteiger partial charge in [0.1, 0.15) is 5.75 Å². The number of benzene rings is 1. The van der Waals surface area contributed by atoms with Crippen LogP contribution >= 0.6 is 0 Å². The van der Waals surface area contributed by atoms with Gasteiger partial charge in [-0.05, 0) is 24.3 Å². The second kappa shape index (κ2) is 5.65. The monoisotopic (exact) mass is 274 g/mol. The molecule has 0 saturated heterocycles. The van der Waals surface area contributed by atoms with Crippen molar-refractivity contribution in [3.8, 4) is 5.75 Å². The number of urea groups is 1. The Morgan fingerprint density at radius 1 is 1.10 bits per heavy atom. The molecule has 1 heterocycles. The quantitative estimate of drug-likeness (QED) is 0.629. The first-order valence-electron chi connectivity index (χ1n) is 5.47. The van der Waals surface area contributed by atoms with Gasteiger partial charge in [-0.2, -0.15) is 0 Å². The van der Waals surface area contributed by atoms with Crippen LogP contribution in [0.2, 0.25) is 0 Å². The number of phenols is 1. The number of hydrogen-bond donors (Lipinski definition) is 4. The smallest absolute Gasteiger partial charge is 0.337 e. The Morgan fingerprint density at radius 3 is 2.45 bits per heavy atom. The van der Waals surface area contributed by atoms with E-state index in [1.165, 1.54) is 24.5 Å². The summed E-state index contributed by atoms with van der Waals surface area (Å²) < 4.78 is 0. The number of aromatic nitrogens is 2. The zero-order valence-electron chi connectivity index (χ0n) is 10.1. The van der Waals surface area contributed by atoms with Crippen LogP contribution in [0.15, 0.2) is 36.7 Å². The van der Waals surface area contributed by atoms with Crippen molar-refractivity contribution in [1.82, 2.24) is 9.97 Å². The average Bonchev–Trinajstić information content (AvgIpc) is 2.41. The summed E-state index contributed by atoms with van der Waals surface area (Å²) in [5, 5.41) is 22.9. The zero-order chi connectivity index (χ0) is 14.5. The highest BCUT2D eigenvalue weighted by Crippen LogP contribution is 2.21. The van der Waals surface area contributed by atoms with Crippen LogP contribution in [0.25, 0.3) is 0 Å². The highest BCUT2D eigenvalue weighted by Gasteiger charge is 2.13. The van der Waals surface area contributed by atoms with Crippen molar-refractivity contribution in [2.24, 2.45) is 0 Å². The number of amides is 2. The molecule has 0 aliphatic carbocycles. The zero-order valence-corrected chi connectivity index (χ0v) is 10.1. The van der Waals surface area contributed by atoms with E-state index in [-0.39, 0.29) is 22.9 Å². The van der Waals surface area contributed by atoms with Gasteiger partial charge in [0.2, 0.25) is 5.95 Å². The number of anilines is 2. The molecule has 0 atom stereocenters. The molecule has 1 aromatic carbocycles. The molecular formula is C12H10N4O4. The molecule has 4 N–H and O–H groups in total. The summed E-state index contributed by atoms with van der Waals surface area (Å²) >= 11 is 0. The van der Waals surface area contributed by atoms with Gasteiger partial charge in [-0.1, -0.05) is 0 Å². The lowest BCUT2D eigenvalue weighted by atomic mass is 10.1. The average molecular weight is 274 g/mol. The van der Waals surface area contributed by atoms with Crippen LogP contribution in [0.4, 0.5) is 16.4 Å². The summed E-state index contributed by atoms with van der Waals surface area (Å²) in [6, 6.07) is 4.48. The molecule has 0 aliphatic heterocycles. The van der Waals surface area contributed by atoms with Crippen molar-refractivity contribution < 1.29 is 19.8 Å². The molecule has 2 rings (SSSR count). The Labute approximate surface area is 113 Å². The Balaban J connectivity index is 2.14. The van der Waals surface area contributed by atoms with Crippen LogP contribution in [0.3, 0.4) is 0 Å². The fourth-order valence-electron chi connectivity index (χ4n) is 1.44. The molecule has 0 unspecified atom stereocenters. The number of phenolic OH excluding ortho intramolecular Hbond substituents is 1. The molecule has 2 aromatic rings. The van der Waals surface area contributed by atoms with Crippen LogP contribution in [-0.4, -0.2) is 32.2 Å². The van der Waals surface area contributed by atoms with Gasteiger partial charge in [-0.25, -0.2) is 19.6 Å². The van der Waals surface area contributed by atoms with Gasteiger partial charge in [0, 0.05) is 12.4 Å². The number of carboxylic acid groups (broad SMARTS) is 1. The van der Waals surface area contributed by atoms with E-state index < -0.39 is 12.0 Å². The molecule has 0 fully saturated rings. The normalized spacial score (nSPS) is 9.80. The van der Waals surface area contributed by atoms with E-state index in [9.17, 15) is 14.7 Å². The van der Waals surface area contributed by atoms with E-state index in [1.807, 2.05) is 0 Å². The number of carbonyl (C=O) groups excluding carboxylic acids is 1.